The van der Waals surface area contributed by atoms with E-state index in [0.29, 0.717) is 39.0 Å². The maximum atomic E-state index is 12.1. The monoisotopic (exact) mass is 703 g/mol. The molecule has 2 fully saturated rings. The summed E-state index contributed by atoms with van der Waals surface area (Å²) in [5.74, 6) is 1.68. The summed E-state index contributed by atoms with van der Waals surface area (Å²) in [6.45, 7) is 8.91. The van der Waals surface area contributed by atoms with Crippen LogP contribution in [0.3, 0.4) is 0 Å². The van der Waals surface area contributed by atoms with Crippen LogP contribution >= 0.6 is 24.4 Å². The molecule has 240 valence electrons. The summed E-state index contributed by atoms with van der Waals surface area (Å²) in [7, 11) is 3.77. The number of ether oxygens (including phenoxy) is 1. The lowest BCUT2D eigenvalue weighted by molar-refractivity contribution is 0.0982. The van der Waals surface area contributed by atoms with Gasteiger partial charge in [0.25, 0.3) is 0 Å². The van der Waals surface area contributed by atoms with Crippen molar-refractivity contribution in [2.45, 2.75) is 32.2 Å². The predicted octanol–water partition coefficient (Wildman–Crippen LogP) is 5.89. The fourth-order valence-electron chi connectivity index (χ4n) is 6.20. The first-order valence-electron chi connectivity index (χ1n) is 15.6. The van der Waals surface area contributed by atoms with Crippen LogP contribution in [0.4, 0.5) is 28.8 Å². The highest BCUT2D eigenvalue weighted by Crippen LogP contribution is 2.37. The number of piperidine rings is 1. The number of nitrogens with zero attached hydrogens (tertiary/aromatic N) is 7. The molecule has 0 spiro atoms. The Morgan fingerprint density at radius 2 is 1.78 bits per heavy atom. The Bertz CT molecular complexity index is 1660. The lowest BCUT2D eigenvalue weighted by Crippen LogP contribution is -2.52. The minimum absolute atomic E-state index is 0.133. The number of rotatable bonds is 10. The van der Waals surface area contributed by atoms with Gasteiger partial charge in [-0.3, -0.25) is 19.4 Å². The molecule has 2 aromatic carbocycles. The molecule has 0 bridgehead atoms. The van der Waals surface area contributed by atoms with Crippen LogP contribution in [0.15, 0.2) is 59.6 Å². The molecule has 6 rings (SSSR count). The third kappa shape index (κ3) is 7.31. The van der Waals surface area contributed by atoms with Gasteiger partial charge in [0.15, 0.2) is 8.46 Å². The summed E-state index contributed by atoms with van der Waals surface area (Å²) in [6, 6.07) is 10.5. The second-order valence-electron chi connectivity index (χ2n) is 11.6. The molecule has 2 aliphatic rings. The van der Waals surface area contributed by atoms with Crippen LogP contribution in [0.2, 0.25) is 0 Å². The Hall–Kier alpha value is -3.70. The van der Waals surface area contributed by atoms with Gasteiger partial charge in [0, 0.05) is 81.2 Å². The summed E-state index contributed by atoms with van der Waals surface area (Å²) in [5, 5.41) is 7.25. The van der Waals surface area contributed by atoms with Gasteiger partial charge >= 0.3 is 0 Å². The van der Waals surface area contributed by atoms with E-state index in [1.165, 1.54) is 37.2 Å². The highest BCUT2D eigenvalue weighted by molar-refractivity contribution is 9.10. The van der Waals surface area contributed by atoms with E-state index in [0.717, 1.165) is 49.6 Å². The van der Waals surface area contributed by atoms with Gasteiger partial charge in [0.05, 0.1) is 40.2 Å². The molecule has 0 radical (unpaired) electrons. The lowest BCUT2D eigenvalue weighted by atomic mass is 9.99. The molecule has 2 aromatic heterocycles. The zero-order valence-electron chi connectivity index (χ0n) is 26.4. The molecule has 0 amide bonds. The Balaban J connectivity index is 1.18. The minimum Gasteiger partial charge on any atom is -0.494 e. The number of methoxy groups -OCH3 is 1. The second kappa shape index (κ2) is 14.8. The van der Waals surface area contributed by atoms with Crippen LogP contribution in [-0.2, 0) is 11.0 Å². The topological polar surface area (TPSA) is 112 Å². The van der Waals surface area contributed by atoms with E-state index in [1.54, 1.807) is 31.9 Å². The SMILES string of the molecule is CCc1cc(Nc2ncc(Br)c(Nc3ccc(-c4cnccn4)cc3P=O)n2)c(OC)cc1N1CCC(N2CCN(C)CC2)CC1. The normalized spacial score (nSPS) is 16.5. The number of nitrogens with one attached hydrogen (secondary N) is 2. The molecular weight excluding hydrogens is 665 g/mol. The molecule has 11 nitrogen and oxygen atoms in total. The number of hydrogen-bond acceptors (Lipinski definition) is 11. The number of halogens is 1. The first-order valence-corrected chi connectivity index (χ1v) is 17.2. The summed E-state index contributed by atoms with van der Waals surface area (Å²) in [4.78, 5) is 25.3. The van der Waals surface area contributed by atoms with E-state index in [2.05, 4.69) is 82.3 Å². The van der Waals surface area contributed by atoms with Crippen LogP contribution in [0.5, 0.6) is 5.75 Å². The summed E-state index contributed by atoms with van der Waals surface area (Å²) < 4.78 is 18.7. The molecule has 0 aliphatic carbocycles. The van der Waals surface area contributed by atoms with Crippen molar-refractivity contribution in [3.8, 4) is 17.0 Å². The zero-order valence-corrected chi connectivity index (χ0v) is 28.9. The molecule has 4 heterocycles. The quantitative estimate of drug-likeness (QED) is 0.193. The standard InChI is InChI=1S/C33H39BrN9O2P/c1-4-22-17-27(30(45-3)19-29(22)43-11-7-24(8-12-43)42-15-13-41(2)14-16-42)39-33-37-20-25(34)32(40-33)38-26-6-5-23(18-31(26)46-44)28-21-35-9-10-36-28/h5-6,9-10,17-21,24H,4,7-8,11-16H2,1-3H3,(H2,37,38,39,40). The fourth-order valence-corrected chi connectivity index (χ4v) is 6.91. The Labute approximate surface area is 280 Å². The molecule has 0 atom stereocenters. The van der Waals surface area contributed by atoms with Gasteiger partial charge < -0.3 is 25.2 Å². The van der Waals surface area contributed by atoms with Crippen LogP contribution in [-0.4, -0.2) is 89.2 Å². The van der Waals surface area contributed by atoms with Gasteiger partial charge in [-0.2, -0.15) is 4.98 Å². The first kappa shape index (κ1) is 32.2. The fraction of sp³-hybridized carbons (Fsp3) is 0.394. The van der Waals surface area contributed by atoms with Gasteiger partial charge in [-0.05, 0) is 66.0 Å². The Morgan fingerprint density at radius 3 is 2.48 bits per heavy atom. The van der Waals surface area contributed by atoms with Gasteiger partial charge in [0.1, 0.15) is 11.6 Å². The molecule has 46 heavy (non-hydrogen) atoms. The summed E-state index contributed by atoms with van der Waals surface area (Å²) in [5.41, 5.74) is 5.46. The number of piperazine rings is 1. The molecule has 2 aliphatic heterocycles. The smallest absolute Gasteiger partial charge is 0.229 e. The van der Waals surface area contributed by atoms with Crippen molar-refractivity contribution in [2.75, 3.05) is 69.0 Å². The van der Waals surface area contributed by atoms with Crippen LogP contribution in [0.25, 0.3) is 11.3 Å². The third-order valence-corrected chi connectivity index (χ3v) is 9.99. The Morgan fingerprint density at radius 1 is 0.978 bits per heavy atom. The molecule has 13 heteroatoms. The largest absolute Gasteiger partial charge is 0.494 e. The third-order valence-electron chi connectivity index (χ3n) is 8.84. The zero-order chi connectivity index (χ0) is 32.0. The van der Waals surface area contributed by atoms with E-state index >= 15 is 0 Å². The molecule has 0 unspecified atom stereocenters. The molecule has 4 aromatic rings. The van der Waals surface area contributed by atoms with Crippen molar-refractivity contribution in [1.29, 1.82) is 0 Å². The van der Waals surface area contributed by atoms with Crippen molar-refractivity contribution in [3.05, 3.63) is 65.2 Å². The number of hydrogen-bond donors (Lipinski definition) is 2. The first-order chi connectivity index (χ1) is 22.4. The number of aromatic nitrogens is 4. The van der Waals surface area contributed by atoms with Crippen molar-refractivity contribution >= 4 is 58.5 Å². The number of aryl methyl sites for hydroxylation is 1. The molecular formula is C33H39BrN9O2P. The number of anilines is 5. The molecule has 2 saturated heterocycles. The van der Waals surface area contributed by atoms with Crippen LogP contribution in [0.1, 0.15) is 25.3 Å². The minimum atomic E-state index is -0.133. The van der Waals surface area contributed by atoms with Gasteiger partial charge in [-0.1, -0.05) is 13.0 Å². The molecule has 2 N–H and O–H groups in total. The molecule has 0 saturated carbocycles. The maximum absolute atomic E-state index is 12.1. The van der Waals surface area contributed by atoms with Crippen LogP contribution in [0, 0.1) is 0 Å². The Kier molecular flexibility index (Phi) is 10.4. The summed E-state index contributed by atoms with van der Waals surface area (Å²) >= 11 is 3.56. The van der Waals surface area contributed by atoms with Crippen LogP contribution < -0.4 is 25.6 Å². The second-order valence-corrected chi connectivity index (χ2v) is 13.2. The van der Waals surface area contributed by atoms with Crippen molar-refractivity contribution in [1.82, 2.24) is 29.7 Å². The van der Waals surface area contributed by atoms with Gasteiger partial charge in [-0.15, -0.1) is 0 Å². The highest BCUT2D eigenvalue weighted by atomic mass is 79.9. The average molecular weight is 705 g/mol. The van der Waals surface area contributed by atoms with E-state index < -0.39 is 0 Å². The highest BCUT2D eigenvalue weighted by Gasteiger charge is 2.28. The van der Waals surface area contributed by atoms with Crippen molar-refractivity contribution in [2.24, 2.45) is 0 Å². The average Bonchev–Trinajstić information content (AvgIpc) is 3.10. The predicted molar refractivity (Wildman–Crippen MR) is 188 cm³/mol. The van der Waals surface area contributed by atoms with E-state index in [9.17, 15) is 4.57 Å². The van der Waals surface area contributed by atoms with Gasteiger partial charge in [0.2, 0.25) is 5.95 Å². The number of likely N-dealkylation sites (N-methyl/N-ethyl adjacent to an activating group) is 1. The van der Waals surface area contributed by atoms with E-state index in [-0.39, 0.29) is 8.46 Å². The lowest BCUT2D eigenvalue weighted by Gasteiger charge is -2.43. The van der Waals surface area contributed by atoms with Crippen molar-refractivity contribution in [3.63, 3.8) is 0 Å². The van der Waals surface area contributed by atoms with E-state index in [1.807, 2.05) is 18.2 Å². The van der Waals surface area contributed by atoms with E-state index in [4.69, 9.17) is 9.72 Å². The summed E-state index contributed by atoms with van der Waals surface area (Å²) in [6.07, 6.45) is 9.86. The van der Waals surface area contributed by atoms with Gasteiger partial charge in [-0.25, -0.2) is 4.98 Å². The maximum Gasteiger partial charge on any atom is 0.229 e. The number of benzene rings is 2. The van der Waals surface area contributed by atoms with Crippen molar-refractivity contribution < 1.29 is 9.30 Å².